The molecule has 6 nitrogen and oxygen atoms in total. The van der Waals surface area contributed by atoms with Crippen molar-refractivity contribution in [2.75, 3.05) is 37.1 Å². The topological polar surface area (TPSA) is 67.9 Å². The lowest BCUT2D eigenvalue weighted by molar-refractivity contribution is -0.174. The molecule has 0 unspecified atom stereocenters. The maximum absolute atomic E-state index is 11.9. The predicted octanol–water partition coefficient (Wildman–Crippen LogP) is 2.73. The van der Waals surface area contributed by atoms with Gasteiger partial charge in [-0.25, -0.2) is 0 Å². The van der Waals surface area contributed by atoms with Gasteiger partial charge in [-0.05, 0) is 18.6 Å². The molecule has 9 heteroatoms. The first-order chi connectivity index (χ1) is 11.8. The summed E-state index contributed by atoms with van der Waals surface area (Å²) in [6.07, 6.45) is -3.35. The van der Waals surface area contributed by atoms with Crippen LogP contribution in [-0.2, 0) is 14.3 Å². The molecule has 1 aromatic rings. The first-order valence-electron chi connectivity index (χ1n) is 7.73. The fourth-order valence-corrected chi connectivity index (χ4v) is 2.46. The van der Waals surface area contributed by atoms with Gasteiger partial charge in [0.15, 0.2) is 0 Å². The van der Waals surface area contributed by atoms with Crippen LogP contribution in [0.1, 0.15) is 19.3 Å². The Hall–Kier alpha value is -2.29. The second kappa shape index (κ2) is 8.19. The third kappa shape index (κ3) is 5.63. The number of nitrogens with zero attached hydrogens (tertiary/aromatic N) is 1. The number of anilines is 2. The Morgan fingerprint density at radius 2 is 2.12 bits per heavy atom. The van der Waals surface area contributed by atoms with Crippen LogP contribution >= 0.6 is 0 Å². The Morgan fingerprint density at radius 3 is 2.72 bits per heavy atom. The molecule has 1 heterocycles. The number of alkyl halides is 3. The predicted molar refractivity (Wildman–Crippen MR) is 84.7 cm³/mol. The van der Waals surface area contributed by atoms with Crippen molar-refractivity contribution in [3.63, 3.8) is 0 Å². The van der Waals surface area contributed by atoms with E-state index in [1.54, 1.807) is 23.1 Å². The molecule has 0 aromatic heterocycles. The van der Waals surface area contributed by atoms with E-state index in [-0.39, 0.29) is 18.9 Å². The van der Waals surface area contributed by atoms with Crippen molar-refractivity contribution < 1.29 is 32.2 Å². The van der Waals surface area contributed by atoms with Gasteiger partial charge < -0.3 is 19.7 Å². The molecule has 2 amide bonds. The number of benzene rings is 1. The molecule has 1 aliphatic rings. The second-order valence-electron chi connectivity index (χ2n) is 5.50. The molecule has 1 N–H and O–H groups in total. The Labute approximate surface area is 142 Å². The van der Waals surface area contributed by atoms with Gasteiger partial charge in [0.1, 0.15) is 12.4 Å². The largest absolute Gasteiger partial charge is 0.494 e. The lowest BCUT2D eigenvalue weighted by Crippen LogP contribution is -2.24. The average molecular weight is 360 g/mol. The summed E-state index contributed by atoms with van der Waals surface area (Å²) in [6.45, 7) is -1.10. The van der Waals surface area contributed by atoms with E-state index in [1.165, 1.54) is 7.11 Å². The lowest BCUT2D eigenvalue weighted by Gasteiger charge is -2.19. The number of methoxy groups -OCH3 is 1. The van der Waals surface area contributed by atoms with Gasteiger partial charge in [-0.2, -0.15) is 13.2 Å². The van der Waals surface area contributed by atoms with Crippen LogP contribution in [0.2, 0.25) is 0 Å². The molecule has 1 aliphatic heterocycles. The highest BCUT2D eigenvalue weighted by Gasteiger charge is 2.27. The van der Waals surface area contributed by atoms with Crippen molar-refractivity contribution in [3.05, 3.63) is 18.2 Å². The molecular formula is C16H19F3N2O4. The molecule has 0 radical (unpaired) electrons. The summed E-state index contributed by atoms with van der Waals surface area (Å²) >= 11 is 0. The summed E-state index contributed by atoms with van der Waals surface area (Å²) in [6, 6.07) is 4.84. The summed E-state index contributed by atoms with van der Waals surface area (Å²) in [4.78, 5) is 25.2. The molecule has 2 rings (SSSR count). The maximum atomic E-state index is 11.9. The van der Waals surface area contributed by atoms with Crippen molar-refractivity contribution in [3.8, 4) is 5.75 Å². The molecule has 0 saturated carbocycles. The standard InChI is InChI=1S/C16H19F3N2O4/c1-24-13-9-11(4-5-12(13)21-7-2-3-15(21)23)20-14(22)6-8-25-10-16(17,18)19/h4-5,9H,2-3,6-8,10H2,1H3,(H,20,22). The number of halogens is 3. The number of amides is 2. The van der Waals surface area contributed by atoms with E-state index in [9.17, 15) is 22.8 Å². The van der Waals surface area contributed by atoms with E-state index in [4.69, 9.17) is 4.74 Å². The highest BCUT2D eigenvalue weighted by molar-refractivity contribution is 5.97. The molecule has 1 saturated heterocycles. The third-order valence-corrected chi connectivity index (χ3v) is 3.57. The van der Waals surface area contributed by atoms with Crippen molar-refractivity contribution in [1.29, 1.82) is 0 Å². The summed E-state index contributed by atoms with van der Waals surface area (Å²) < 4.78 is 45.5. The average Bonchev–Trinajstić information content (AvgIpc) is 2.96. The minimum absolute atomic E-state index is 0.0110. The zero-order chi connectivity index (χ0) is 18.4. The van der Waals surface area contributed by atoms with E-state index in [2.05, 4.69) is 10.1 Å². The van der Waals surface area contributed by atoms with Gasteiger partial charge in [-0.1, -0.05) is 0 Å². The molecule has 138 valence electrons. The smallest absolute Gasteiger partial charge is 0.411 e. The number of hydrogen-bond donors (Lipinski definition) is 1. The van der Waals surface area contributed by atoms with E-state index < -0.39 is 18.7 Å². The van der Waals surface area contributed by atoms with Crippen molar-refractivity contribution in [1.82, 2.24) is 0 Å². The van der Waals surface area contributed by atoms with E-state index >= 15 is 0 Å². The molecule has 1 aromatic carbocycles. The highest BCUT2D eigenvalue weighted by atomic mass is 19.4. The van der Waals surface area contributed by atoms with Crippen LogP contribution in [-0.4, -0.2) is 44.9 Å². The van der Waals surface area contributed by atoms with Crippen LogP contribution < -0.4 is 15.0 Å². The SMILES string of the molecule is COc1cc(NC(=O)CCOCC(F)(F)F)ccc1N1CCCC1=O. The number of rotatable bonds is 7. The normalized spacial score (nSPS) is 14.7. The number of hydrogen-bond acceptors (Lipinski definition) is 4. The zero-order valence-electron chi connectivity index (χ0n) is 13.7. The van der Waals surface area contributed by atoms with Crippen molar-refractivity contribution in [2.24, 2.45) is 0 Å². The first-order valence-corrected chi connectivity index (χ1v) is 7.73. The lowest BCUT2D eigenvalue weighted by atomic mass is 10.2. The molecule has 1 fully saturated rings. The van der Waals surface area contributed by atoms with Crippen LogP contribution in [0.4, 0.5) is 24.5 Å². The van der Waals surface area contributed by atoms with E-state index in [1.807, 2.05) is 0 Å². The molecule has 0 bridgehead atoms. The molecule has 0 atom stereocenters. The maximum Gasteiger partial charge on any atom is 0.411 e. The summed E-state index contributed by atoms with van der Waals surface area (Å²) in [5, 5.41) is 2.56. The van der Waals surface area contributed by atoms with Crippen molar-refractivity contribution >= 4 is 23.2 Å². The summed E-state index contributed by atoms with van der Waals surface area (Å²) in [7, 11) is 1.45. The Kier molecular flexibility index (Phi) is 6.24. The monoisotopic (exact) mass is 360 g/mol. The molecule has 0 spiro atoms. The Balaban J connectivity index is 1.92. The van der Waals surface area contributed by atoms with Crippen LogP contribution in [0.25, 0.3) is 0 Å². The van der Waals surface area contributed by atoms with Crippen LogP contribution in [0.3, 0.4) is 0 Å². The fraction of sp³-hybridized carbons (Fsp3) is 0.500. The minimum Gasteiger partial charge on any atom is -0.494 e. The zero-order valence-corrected chi connectivity index (χ0v) is 13.7. The number of ether oxygens (including phenoxy) is 2. The molecular weight excluding hydrogens is 341 g/mol. The van der Waals surface area contributed by atoms with Crippen LogP contribution in [0.5, 0.6) is 5.75 Å². The van der Waals surface area contributed by atoms with Gasteiger partial charge in [0, 0.05) is 24.7 Å². The second-order valence-corrected chi connectivity index (χ2v) is 5.50. The van der Waals surface area contributed by atoms with Crippen LogP contribution in [0, 0.1) is 0 Å². The molecule has 25 heavy (non-hydrogen) atoms. The van der Waals surface area contributed by atoms with Gasteiger partial charge in [0.2, 0.25) is 11.8 Å². The highest BCUT2D eigenvalue weighted by Crippen LogP contribution is 2.33. The number of nitrogens with one attached hydrogen (secondary N) is 1. The van der Waals surface area contributed by atoms with Gasteiger partial charge in [-0.15, -0.1) is 0 Å². The van der Waals surface area contributed by atoms with E-state index in [0.717, 1.165) is 6.42 Å². The van der Waals surface area contributed by atoms with Crippen molar-refractivity contribution in [2.45, 2.75) is 25.4 Å². The Morgan fingerprint density at radius 1 is 1.36 bits per heavy atom. The minimum atomic E-state index is -4.41. The summed E-state index contributed by atoms with van der Waals surface area (Å²) in [5.74, 6) is -0.0347. The van der Waals surface area contributed by atoms with Gasteiger partial charge in [-0.3, -0.25) is 9.59 Å². The van der Waals surface area contributed by atoms with Crippen LogP contribution in [0.15, 0.2) is 18.2 Å². The summed E-state index contributed by atoms with van der Waals surface area (Å²) in [5.41, 5.74) is 1.05. The number of carbonyl (C=O) groups excluding carboxylic acids is 2. The van der Waals surface area contributed by atoms with E-state index in [0.29, 0.717) is 30.1 Å². The van der Waals surface area contributed by atoms with Gasteiger partial charge in [0.05, 0.1) is 25.8 Å². The molecule has 0 aliphatic carbocycles. The Bertz CT molecular complexity index is 634. The number of carbonyl (C=O) groups is 2. The fourth-order valence-electron chi connectivity index (χ4n) is 2.46. The third-order valence-electron chi connectivity index (χ3n) is 3.57. The van der Waals surface area contributed by atoms with Gasteiger partial charge in [0.25, 0.3) is 0 Å². The quantitative estimate of drug-likeness (QED) is 0.760. The van der Waals surface area contributed by atoms with Gasteiger partial charge >= 0.3 is 6.18 Å². The first kappa shape index (κ1) is 19.0.